The lowest BCUT2D eigenvalue weighted by Crippen LogP contribution is -2.50. The molecule has 0 radical (unpaired) electrons. The van der Waals surface area contributed by atoms with Crippen LogP contribution in [0.2, 0.25) is 0 Å². The Kier molecular flexibility index (Phi) is 6.01. The van der Waals surface area contributed by atoms with Crippen LogP contribution in [-0.2, 0) is 11.3 Å². The van der Waals surface area contributed by atoms with Crippen LogP contribution in [0.1, 0.15) is 13.8 Å². The van der Waals surface area contributed by atoms with Gasteiger partial charge in [-0.1, -0.05) is 0 Å². The monoisotopic (exact) mass is 295 g/mol. The summed E-state index contributed by atoms with van der Waals surface area (Å²) in [4.78, 5) is 14.2. The van der Waals surface area contributed by atoms with E-state index in [0.717, 1.165) is 26.3 Å². The Hall–Kier alpha value is -1.60. The highest BCUT2D eigenvalue weighted by atomic mass is 16.5. The third-order valence-electron chi connectivity index (χ3n) is 3.62. The molecule has 2 rings (SSSR count). The molecule has 2 amide bonds. The van der Waals surface area contributed by atoms with Crippen molar-refractivity contribution < 1.29 is 9.53 Å². The molecule has 0 spiro atoms. The van der Waals surface area contributed by atoms with Crippen molar-refractivity contribution in [1.29, 1.82) is 0 Å². The molecule has 1 saturated heterocycles. The summed E-state index contributed by atoms with van der Waals surface area (Å²) in [5, 5.41) is 9.98. The summed E-state index contributed by atoms with van der Waals surface area (Å²) >= 11 is 0. The maximum absolute atomic E-state index is 11.9. The molecule has 1 aliphatic heterocycles. The van der Waals surface area contributed by atoms with Crippen molar-refractivity contribution in [2.45, 2.75) is 32.5 Å². The highest BCUT2D eigenvalue weighted by molar-refractivity contribution is 5.74. The normalized spacial score (nSPS) is 19.0. The Balaban J connectivity index is 1.64. The SMILES string of the molecule is C[C@H](CNC(=O)N[C@@H](C)Cn1cccn1)N1CCOCC1. The number of ether oxygens (including phenoxy) is 1. The summed E-state index contributed by atoms with van der Waals surface area (Å²) in [6.45, 7) is 8.81. The largest absolute Gasteiger partial charge is 0.379 e. The van der Waals surface area contributed by atoms with Crippen LogP contribution in [0.4, 0.5) is 4.79 Å². The Morgan fingerprint density at radius 3 is 2.81 bits per heavy atom. The second-order valence-electron chi connectivity index (χ2n) is 5.48. The predicted molar refractivity (Wildman–Crippen MR) is 80.1 cm³/mol. The number of hydrogen-bond acceptors (Lipinski definition) is 4. The van der Waals surface area contributed by atoms with Gasteiger partial charge in [-0.15, -0.1) is 0 Å². The Morgan fingerprint density at radius 2 is 2.14 bits per heavy atom. The van der Waals surface area contributed by atoms with E-state index in [-0.39, 0.29) is 12.1 Å². The van der Waals surface area contributed by atoms with Crippen LogP contribution in [0.5, 0.6) is 0 Å². The third-order valence-corrected chi connectivity index (χ3v) is 3.62. The van der Waals surface area contributed by atoms with Crippen molar-refractivity contribution >= 4 is 6.03 Å². The van der Waals surface area contributed by atoms with Crippen molar-refractivity contribution in [3.63, 3.8) is 0 Å². The number of urea groups is 1. The number of rotatable bonds is 6. The number of carbonyl (C=O) groups excluding carboxylic acids is 1. The highest BCUT2D eigenvalue weighted by Crippen LogP contribution is 2.02. The van der Waals surface area contributed by atoms with Gasteiger partial charge in [0, 0.05) is 44.1 Å². The minimum atomic E-state index is -0.130. The first kappa shape index (κ1) is 15.8. The summed E-state index contributed by atoms with van der Waals surface area (Å²) in [6, 6.07) is 2.09. The zero-order valence-electron chi connectivity index (χ0n) is 12.8. The molecule has 21 heavy (non-hydrogen) atoms. The van der Waals surface area contributed by atoms with Gasteiger partial charge in [0.2, 0.25) is 0 Å². The minimum absolute atomic E-state index is 0.0311. The molecule has 1 fully saturated rings. The number of nitrogens with one attached hydrogen (secondary N) is 2. The number of hydrogen-bond donors (Lipinski definition) is 2. The van der Waals surface area contributed by atoms with Gasteiger partial charge in [-0.05, 0) is 19.9 Å². The van der Waals surface area contributed by atoms with Crippen molar-refractivity contribution in [3.8, 4) is 0 Å². The standard InChI is InChI=1S/C14H25N5O2/c1-12(11-19-5-3-4-16-19)17-14(20)15-10-13(2)18-6-8-21-9-7-18/h3-5,12-13H,6-11H2,1-2H3,(H2,15,17,20)/t12-,13+/m0/s1. The molecule has 1 aromatic heterocycles. The maximum atomic E-state index is 11.9. The van der Waals surface area contributed by atoms with Gasteiger partial charge in [0.25, 0.3) is 0 Å². The van der Waals surface area contributed by atoms with Crippen LogP contribution in [0, 0.1) is 0 Å². The van der Waals surface area contributed by atoms with E-state index in [4.69, 9.17) is 4.74 Å². The lowest BCUT2D eigenvalue weighted by atomic mass is 10.2. The molecule has 7 nitrogen and oxygen atoms in total. The van der Waals surface area contributed by atoms with Crippen molar-refractivity contribution in [2.75, 3.05) is 32.8 Å². The molecule has 1 aliphatic rings. The van der Waals surface area contributed by atoms with E-state index in [9.17, 15) is 4.79 Å². The molecule has 2 heterocycles. The molecule has 2 atom stereocenters. The van der Waals surface area contributed by atoms with E-state index < -0.39 is 0 Å². The number of aromatic nitrogens is 2. The zero-order valence-corrected chi connectivity index (χ0v) is 12.8. The number of amides is 2. The van der Waals surface area contributed by atoms with E-state index >= 15 is 0 Å². The van der Waals surface area contributed by atoms with Crippen LogP contribution >= 0.6 is 0 Å². The summed E-state index contributed by atoms with van der Waals surface area (Å²) in [7, 11) is 0. The van der Waals surface area contributed by atoms with Gasteiger partial charge in [0.05, 0.1) is 19.8 Å². The maximum Gasteiger partial charge on any atom is 0.315 e. The molecular formula is C14H25N5O2. The van der Waals surface area contributed by atoms with Crippen LogP contribution in [0.3, 0.4) is 0 Å². The minimum Gasteiger partial charge on any atom is -0.379 e. The first-order chi connectivity index (χ1) is 10.1. The smallest absolute Gasteiger partial charge is 0.315 e. The van der Waals surface area contributed by atoms with Gasteiger partial charge in [0.1, 0.15) is 0 Å². The van der Waals surface area contributed by atoms with Gasteiger partial charge in [-0.3, -0.25) is 9.58 Å². The second kappa shape index (κ2) is 7.99. The molecule has 0 bridgehead atoms. The van der Waals surface area contributed by atoms with E-state index in [1.165, 1.54) is 0 Å². The molecular weight excluding hydrogens is 270 g/mol. The highest BCUT2D eigenvalue weighted by Gasteiger charge is 2.17. The molecule has 0 saturated carbocycles. The fraction of sp³-hybridized carbons (Fsp3) is 0.714. The Labute approximate surface area is 125 Å². The van der Waals surface area contributed by atoms with E-state index in [1.807, 2.05) is 19.2 Å². The molecule has 2 N–H and O–H groups in total. The van der Waals surface area contributed by atoms with Crippen molar-refractivity contribution in [3.05, 3.63) is 18.5 Å². The molecule has 7 heteroatoms. The van der Waals surface area contributed by atoms with Crippen molar-refractivity contribution in [1.82, 2.24) is 25.3 Å². The lowest BCUT2D eigenvalue weighted by Gasteiger charge is -2.32. The van der Waals surface area contributed by atoms with E-state index in [2.05, 4.69) is 27.6 Å². The second-order valence-corrected chi connectivity index (χ2v) is 5.48. The third kappa shape index (κ3) is 5.35. The average molecular weight is 295 g/mol. The van der Waals surface area contributed by atoms with Gasteiger partial charge < -0.3 is 15.4 Å². The van der Waals surface area contributed by atoms with Crippen LogP contribution in [0.15, 0.2) is 18.5 Å². The summed E-state index contributed by atoms with van der Waals surface area (Å²) < 4.78 is 7.14. The van der Waals surface area contributed by atoms with Gasteiger partial charge in [-0.2, -0.15) is 5.10 Å². The Morgan fingerprint density at radius 1 is 1.38 bits per heavy atom. The number of nitrogens with zero attached hydrogens (tertiary/aromatic N) is 3. The zero-order chi connectivity index (χ0) is 15.1. The number of morpholine rings is 1. The first-order valence-electron chi connectivity index (χ1n) is 7.48. The average Bonchev–Trinajstić information content (AvgIpc) is 2.98. The topological polar surface area (TPSA) is 71.4 Å². The van der Waals surface area contributed by atoms with Crippen LogP contribution in [0.25, 0.3) is 0 Å². The summed E-state index contributed by atoms with van der Waals surface area (Å²) in [5.74, 6) is 0. The molecule has 118 valence electrons. The van der Waals surface area contributed by atoms with Crippen LogP contribution in [-0.4, -0.2) is 65.6 Å². The molecule has 1 aromatic rings. The van der Waals surface area contributed by atoms with Crippen LogP contribution < -0.4 is 10.6 Å². The molecule has 0 unspecified atom stereocenters. The summed E-state index contributed by atoms with van der Waals surface area (Å²) in [5.41, 5.74) is 0. The van der Waals surface area contributed by atoms with Gasteiger partial charge in [-0.25, -0.2) is 4.79 Å². The molecule has 0 aliphatic carbocycles. The van der Waals surface area contributed by atoms with Gasteiger partial charge >= 0.3 is 6.03 Å². The molecule has 0 aromatic carbocycles. The number of carbonyl (C=O) groups is 1. The predicted octanol–water partition coefficient (Wildman–Crippen LogP) is 0.292. The van der Waals surface area contributed by atoms with E-state index in [0.29, 0.717) is 19.1 Å². The fourth-order valence-electron chi connectivity index (χ4n) is 2.40. The fourth-order valence-corrected chi connectivity index (χ4v) is 2.40. The van der Waals surface area contributed by atoms with Gasteiger partial charge in [0.15, 0.2) is 0 Å². The van der Waals surface area contributed by atoms with E-state index in [1.54, 1.807) is 10.9 Å². The lowest BCUT2D eigenvalue weighted by molar-refractivity contribution is 0.0209. The van der Waals surface area contributed by atoms with Crippen molar-refractivity contribution in [2.24, 2.45) is 0 Å². The quantitative estimate of drug-likeness (QED) is 0.791. The first-order valence-corrected chi connectivity index (χ1v) is 7.48. The Bertz CT molecular complexity index is 417. The summed E-state index contributed by atoms with van der Waals surface area (Å²) in [6.07, 6.45) is 3.62.